The Morgan fingerprint density at radius 2 is 1.81 bits per heavy atom. The van der Waals surface area contributed by atoms with E-state index in [2.05, 4.69) is 15.5 Å². The molecule has 0 bridgehead atoms. The van der Waals surface area contributed by atoms with E-state index in [9.17, 15) is 4.79 Å². The van der Waals surface area contributed by atoms with Gasteiger partial charge < -0.3 is 9.88 Å². The lowest BCUT2D eigenvalue weighted by molar-refractivity contribution is -0.115. The summed E-state index contributed by atoms with van der Waals surface area (Å²) in [4.78, 5) is 12.3. The van der Waals surface area contributed by atoms with E-state index >= 15 is 0 Å². The molecule has 26 heavy (non-hydrogen) atoms. The molecule has 1 fully saturated rings. The molecular formula is C20H22N4OS. The summed E-state index contributed by atoms with van der Waals surface area (Å²) in [6.45, 7) is 0. The second-order valence-corrected chi connectivity index (χ2v) is 7.77. The average Bonchev–Trinajstić information content (AvgIpc) is 3.35. The normalized spacial score (nSPS) is 15.1. The van der Waals surface area contributed by atoms with Crippen LogP contribution in [0.5, 0.6) is 0 Å². The van der Waals surface area contributed by atoms with Gasteiger partial charge in [0.2, 0.25) is 11.0 Å². The fourth-order valence-corrected chi connectivity index (χ4v) is 4.37. The number of anilines is 1. The Balaban J connectivity index is 1.34. The van der Waals surface area contributed by atoms with Crippen LogP contribution < -0.4 is 5.32 Å². The van der Waals surface area contributed by atoms with E-state index in [1.54, 1.807) is 0 Å². The van der Waals surface area contributed by atoms with Crippen molar-refractivity contribution in [3.05, 3.63) is 59.4 Å². The molecule has 1 aliphatic carbocycles. The van der Waals surface area contributed by atoms with Crippen LogP contribution in [0.2, 0.25) is 0 Å². The van der Waals surface area contributed by atoms with E-state index in [1.165, 1.54) is 43.4 Å². The summed E-state index contributed by atoms with van der Waals surface area (Å²) in [5, 5.41) is 13.0. The SMILES string of the molecule is O=C(Cc1ccc(-n2cccc2)cc1)Nc1nnc(C2CCCCC2)s1. The number of nitrogens with one attached hydrogen (secondary N) is 1. The second-order valence-electron chi connectivity index (χ2n) is 6.76. The first-order valence-electron chi connectivity index (χ1n) is 9.13. The molecule has 1 aromatic carbocycles. The van der Waals surface area contributed by atoms with Crippen LogP contribution in [0, 0.1) is 0 Å². The van der Waals surface area contributed by atoms with Crippen molar-refractivity contribution < 1.29 is 4.79 Å². The minimum Gasteiger partial charge on any atom is -0.324 e. The van der Waals surface area contributed by atoms with Crippen LogP contribution >= 0.6 is 11.3 Å². The van der Waals surface area contributed by atoms with Crippen LogP contribution in [0.1, 0.15) is 48.6 Å². The topological polar surface area (TPSA) is 59.8 Å². The van der Waals surface area contributed by atoms with Crippen LogP contribution in [-0.2, 0) is 11.2 Å². The minimum atomic E-state index is -0.0509. The van der Waals surface area contributed by atoms with Gasteiger partial charge >= 0.3 is 0 Å². The van der Waals surface area contributed by atoms with Gasteiger partial charge in [0.25, 0.3) is 0 Å². The first kappa shape index (κ1) is 17.0. The second kappa shape index (κ2) is 7.83. The summed E-state index contributed by atoms with van der Waals surface area (Å²) in [5.74, 6) is 0.471. The summed E-state index contributed by atoms with van der Waals surface area (Å²) in [7, 11) is 0. The average molecular weight is 366 g/mol. The van der Waals surface area contributed by atoms with Gasteiger partial charge in [0, 0.05) is 24.0 Å². The van der Waals surface area contributed by atoms with Crippen molar-refractivity contribution in [1.29, 1.82) is 0 Å². The van der Waals surface area contributed by atoms with Crippen molar-refractivity contribution >= 4 is 22.4 Å². The predicted molar refractivity (Wildman–Crippen MR) is 104 cm³/mol. The number of nitrogens with zero attached hydrogens (tertiary/aromatic N) is 3. The first-order valence-corrected chi connectivity index (χ1v) is 9.95. The summed E-state index contributed by atoms with van der Waals surface area (Å²) in [6, 6.07) is 12.0. The Hall–Kier alpha value is -2.47. The molecule has 0 saturated heterocycles. The standard InChI is InChI=1S/C20H22N4OS/c25-18(14-15-8-10-17(11-9-15)24-12-4-5-13-24)21-20-23-22-19(26-20)16-6-2-1-3-7-16/h4-5,8-13,16H,1-3,6-7,14H2,(H,21,23,25). The first-order chi connectivity index (χ1) is 12.8. The number of carbonyl (C=O) groups is 1. The molecule has 4 rings (SSSR count). The van der Waals surface area contributed by atoms with Crippen LogP contribution in [0.4, 0.5) is 5.13 Å². The zero-order chi connectivity index (χ0) is 17.8. The van der Waals surface area contributed by atoms with Gasteiger partial charge in [-0.05, 0) is 42.7 Å². The third kappa shape index (κ3) is 4.02. The third-order valence-electron chi connectivity index (χ3n) is 4.85. The van der Waals surface area contributed by atoms with Crippen LogP contribution in [0.25, 0.3) is 5.69 Å². The summed E-state index contributed by atoms with van der Waals surface area (Å²) >= 11 is 1.52. The Kier molecular flexibility index (Phi) is 5.11. The summed E-state index contributed by atoms with van der Waals surface area (Å²) < 4.78 is 2.04. The maximum Gasteiger partial charge on any atom is 0.230 e. The van der Waals surface area contributed by atoms with Gasteiger partial charge in [-0.1, -0.05) is 42.7 Å². The number of benzene rings is 1. The number of hydrogen-bond acceptors (Lipinski definition) is 4. The molecule has 2 aromatic heterocycles. The highest BCUT2D eigenvalue weighted by Gasteiger charge is 2.20. The monoisotopic (exact) mass is 366 g/mol. The maximum atomic E-state index is 12.3. The van der Waals surface area contributed by atoms with Gasteiger partial charge in [-0.25, -0.2) is 0 Å². The van der Waals surface area contributed by atoms with Crippen molar-refractivity contribution in [2.75, 3.05) is 5.32 Å². The highest BCUT2D eigenvalue weighted by molar-refractivity contribution is 7.15. The molecule has 0 spiro atoms. The molecule has 5 nitrogen and oxygen atoms in total. The van der Waals surface area contributed by atoms with Crippen molar-refractivity contribution in [3.8, 4) is 5.69 Å². The number of carbonyl (C=O) groups excluding carboxylic acids is 1. The fraction of sp³-hybridized carbons (Fsp3) is 0.350. The van der Waals surface area contributed by atoms with Crippen molar-refractivity contribution in [3.63, 3.8) is 0 Å². The molecular weight excluding hydrogens is 344 g/mol. The van der Waals surface area contributed by atoms with Crippen molar-refractivity contribution in [1.82, 2.24) is 14.8 Å². The van der Waals surface area contributed by atoms with E-state index in [0.29, 0.717) is 17.5 Å². The minimum absolute atomic E-state index is 0.0509. The van der Waals surface area contributed by atoms with E-state index in [1.807, 2.05) is 53.4 Å². The van der Waals surface area contributed by atoms with E-state index < -0.39 is 0 Å². The molecule has 0 unspecified atom stereocenters. The maximum absolute atomic E-state index is 12.3. The van der Waals surface area contributed by atoms with Gasteiger partial charge in [-0.3, -0.25) is 4.79 Å². The van der Waals surface area contributed by atoms with Gasteiger partial charge in [0.15, 0.2) is 0 Å². The Labute approximate surface area is 157 Å². The zero-order valence-electron chi connectivity index (χ0n) is 14.6. The Bertz CT molecular complexity index is 848. The van der Waals surface area contributed by atoms with Gasteiger partial charge in [-0.2, -0.15) is 0 Å². The van der Waals surface area contributed by atoms with Crippen LogP contribution in [0.15, 0.2) is 48.8 Å². The van der Waals surface area contributed by atoms with Crippen molar-refractivity contribution in [2.24, 2.45) is 0 Å². The lowest BCUT2D eigenvalue weighted by Gasteiger charge is -2.18. The number of hydrogen-bond donors (Lipinski definition) is 1. The van der Waals surface area contributed by atoms with E-state index in [4.69, 9.17) is 0 Å². The molecule has 3 aromatic rings. The zero-order valence-corrected chi connectivity index (χ0v) is 15.4. The molecule has 0 radical (unpaired) electrons. The molecule has 1 saturated carbocycles. The van der Waals surface area contributed by atoms with Gasteiger partial charge in [-0.15, -0.1) is 10.2 Å². The molecule has 1 amide bonds. The predicted octanol–water partition coefficient (Wildman–Crippen LogP) is 4.56. The molecule has 134 valence electrons. The highest BCUT2D eigenvalue weighted by Crippen LogP contribution is 2.35. The molecule has 1 aliphatic rings. The molecule has 0 aliphatic heterocycles. The number of amides is 1. The van der Waals surface area contributed by atoms with E-state index in [-0.39, 0.29) is 5.91 Å². The summed E-state index contributed by atoms with van der Waals surface area (Å²) in [5.41, 5.74) is 2.07. The van der Waals surface area contributed by atoms with Crippen molar-refractivity contribution in [2.45, 2.75) is 44.4 Å². The lowest BCUT2D eigenvalue weighted by Crippen LogP contribution is -2.14. The summed E-state index contributed by atoms with van der Waals surface area (Å²) in [6.07, 6.45) is 10.6. The smallest absolute Gasteiger partial charge is 0.230 e. The fourth-order valence-electron chi connectivity index (χ4n) is 3.44. The molecule has 6 heteroatoms. The van der Waals surface area contributed by atoms with Gasteiger partial charge in [0.1, 0.15) is 5.01 Å². The number of rotatable bonds is 5. The molecule has 0 atom stereocenters. The van der Waals surface area contributed by atoms with E-state index in [0.717, 1.165) is 16.3 Å². The van der Waals surface area contributed by atoms with Gasteiger partial charge in [0.05, 0.1) is 6.42 Å². The Morgan fingerprint density at radius 3 is 2.54 bits per heavy atom. The number of aromatic nitrogens is 3. The quantitative estimate of drug-likeness (QED) is 0.720. The van der Waals surface area contributed by atoms with Crippen LogP contribution in [0.3, 0.4) is 0 Å². The largest absolute Gasteiger partial charge is 0.324 e. The molecule has 1 N–H and O–H groups in total. The molecule has 2 heterocycles. The highest BCUT2D eigenvalue weighted by atomic mass is 32.1. The van der Waals surface area contributed by atoms with Crippen LogP contribution in [-0.4, -0.2) is 20.7 Å². The lowest BCUT2D eigenvalue weighted by atomic mass is 9.90. The Morgan fingerprint density at radius 1 is 1.08 bits per heavy atom. The third-order valence-corrected chi connectivity index (χ3v) is 5.85.